The summed E-state index contributed by atoms with van der Waals surface area (Å²) >= 11 is 0. The molecule has 0 saturated carbocycles. The molecule has 26 heavy (non-hydrogen) atoms. The zero-order chi connectivity index (χ0) is 18.3. The molecule has 1 aromatic carbocycles. The van der Waals surface area contributed by atoms with Crippen LogP contribution in [-0.2, 0) is 17.9 Å². The number of carbonyl (C=O) groups excluding carboxylic acids is 1. The highest BCUT2D eigenvalue weighted by Crippen LogP contribution is 2.30. The monoisotopic (exact) mass is 354 g/mol. The zero-order valence-corrected chi connectivity index (χ0v) is 15.2. The Morgan fingerprint density at radius 1 is 1.31 bits per heavy atom. The second kappa shape index (κ2) is 6.57. The Hall–Kier alpha value is -2.67. The number of amides is 1. The molecular formula is C19H22N4O3. The van der Waals surface area contributed by atoms with Crippen LogP contribution < -0.4 is 0 Å². The van der Waals surface area contributed by atoms with E-state index in [0.29, 0.717) is 32.1 Å². The molecule has 0 N–H and O–H groups in total. The Morgan fingerprint density at radius 3 is 2.88 bits per heavy atom. The van der Waals surface area contributed by atoms with E-state index in [0.717, 1.165) is 28.2 Å². The molecule has 0 fully saturated rings. The molecule has 3 heterocycles. The van der Waals surface area contributed by atoms with Crippen LogP contribution in [0.2, 0.25) is 0 Å². The molecule has 7 nitrogen and oxygen atoms in total. The van der Waals surface area contributed by atoms with Crippen molar-refractivity contribution in [2.45, 2.75) is 40.0 Å². The fraction of sp³-hybridized carbons (Fsp3) is 0.421. The van der Waals surface area contributed by atoms with Crippen molar-refractivity contribution in [1.82, 2.24) is 19.7 Å². The van der Waals surface area contributed by atoms with Crippen molar-refractivity contribution in [3.8, 4) is 0 Å². The van der Waals surface area contributed by atoms with Crippen LogP contribution in [0.5, 0.6) is 0 Å². The van der Waals surface area contributed by atoms with Crippen molar-refractivity contribution in [1.29, 1.82) is 0 Å². The van der Waals surface area contributed by atoms with Crippen LogP contribution in [0.15, 0.2) is 28.7 Å². The number of aromatic nitrogens is 3. The van der Waals surface area contributed by atoms with E-state index in [1.807, 2.05) is 45.0 Å². The molecule has 0 aliphatic carbocycles. The summed E-state index contributed by atoms with van der Waals surface area (Å²) in [6, 6.07) is 7.54. The smallest absolute Gasteiger partial charge is 0.290 e. The van der Waals surface area contributed by atoms with Crippen molar-refractivity contribution >= 4 is 16.9 Å². The number of fused-ring (bicyclic) bond motifs is 2. The zero-order valence-electron chi connectivity index (χ0n) is 15.2. The SMILES string of the molecule is CCOCc1nnc2n1CCN(C(=O)c1oc3ccccc3c1C)[C@@H]2C. The number of hydrogen-bond acceptors (Lipinski definition) is 5. The number of aryl methyl sites for hydroxylation is 1. The lowest BCUT2D eigenvalue weighted by Crippen LogP contribution is -2.41. The molecule has 7 heteroatoms. The van der Waals surface area contributed by atoms with Gasteiger partial charge in [-0.2, -0.15) is 0 Å². The Labute approximate surface area is 151 Å². The van der Waals surface area contributed by atoms with Gasteiger partial charge in [-0.05, 0) is 26.8 Å². The first kappa shape index (κ1) is 16.8. The van der Waals surface area contributed by atoms with Crippen LogP contribution in [0.25, 0.3) is 11.0 Å². The predicted molar refractivity (Wildman–Crippen MR) is 95.8 cm³/mol. The van der Waals surface area contributed by atoms with Crippen LogP contribution in [-0.4, -0.2) is 38.7 Å². The lowest BCUT2D eigenvalue weighted by atomic mass is 10.1. The van der Waals surface area contributed by atoms with Crippen molar-refractivity contribution in [2.75, 3.05) is 13.2 Å². The highest BCUT2D eigenvalue weighted by atomic mass is 16.5. The molecule has 0 spiro atoms. The van der Waals surface area contributed by atoms with E-state index >= 15 is 0 Å². The van der Waals surface area contributed by atoms with Gasteiger partial charge >= 0.3 is 0 Å². The molecule has 4 rings (SSSR count). The summed E-state index contributed by atoms with van der Waals surface area (Å²) in [5.41, 5.74) is 1.61. The van der Waals surface area contributed by atoms with E-state index < -0.39 is 0 Å². The third-order valence-corrected chi connectivity index (χ3v) is 5.00. The summed E-state index contributed by atoms with van der Waals surface area (Å²) in [4.78, 5) is 14.9. The minimum atomic E-state index is -0.174. The maximum Gasteiger partial charge on any atom is 0.290 e. The molecular weight excluding hydrogens is 332 g/mol. The molecule has 0 bridgehead atoms. The number of nitrogens with zero attached hydrogens (tertiary/aromatic N) is 4. The molecule has 1 atom stereocenters. The van der Waals surface area contributed by atoms with Crippen molar-refractivity contribution in [2.24, 2.45) is 0 Å². The van der Waals surface area contributed by atoms with E-state index in [2.05, 4.69) is 14.8 Å². The average molecular weight is 354 g/mol. The minimum absolute atomic E-state index is 0.105. The summed E-state index contributed by atoms with van der Waals surface area (Å²) in [5, 5.41) is 9.50. The quantitative estimate of drug-likeness (QED) is 0.720. The van der Waals surface area contributed by atoms with Crippen LogP contribution in [0.4, 0.5) is 0 Å². The molecule has 136 valence electrons. The standard InChI is InChI=1S/C19H22N4O3/c1-4-25-11-16-20-21-18-13(3)22(9-10-23(16)18)19(24)17-12(2)14-7-5-6-8-15(14)26-17/h5-8,13H,4,9-11H2,1-3H3/t13-/m1/s1. The van der Waals surface area contributed by atoms with Gasteiger partial charge in [0.15, 0.2) is 17.4 Å². The maximum atomic E-state index is 13.1. The third-order valence-electron chi connectivity index (χ3n) is 5.00. The highest BCUT2D eigenvalue weighted by Gasteiger charge is 2.34. The van der Waals surface area contributed by atoms with E-state index in [4.69, 9.17) is 9.15 Å². The van der Waals surface area contributed by atoms with Gasteiger partial charge in [0, 0.05) is 30.6 Å². The van der Waals surface area contributed by atoms with Crippen LogP contribution in [0.1, 0.15) is 47.7 Å². The predicted octanol–water partition coefficient (Wildman–Crippen LogP) is 3.09. The Kier molecular flexibility index (Phi) is 4.24. The van der Waals surface area contributed by atoms with Gasteiger partial charge in [-0.25, -0.2) is 0 Å². The molecule has 2 aromatic heterocycles. The average Bonchev–Trinajstić information content (AvgIpc) is 3.22. The number of hydrogen-bond donors (Lipinski definition) is 0. The van der Waals surface area contributed by atoms with Gasteiger partial charge in [-0.15, -0.1) is 10.2 Å². The first-order chi connectivity index (χ1) is 12.6. The number of ether oxygens (including phenoxy) is 1. The minimum Gasteiger partial charge on any atom is -0.451 e. The molecule has 1 aliphatic heterocycles. The summed E-state index contributed by atoms with van der Waals surface area (Å²) < 4.78 is 13.4. The molecule has 0 unspecified atom stereocenters. The van der Waals surface area contributed by atoms with Gasteiger partial charge in [-0.1, -0.05) is 18.2 Å². The van der Waals surface area contributed by atoms with Crippen LogP contribution in [0, 0.1) is 6.92 Å². The van der Waals surface area contributed by atoms with E-state index in [-0.39, 0.29) is 11.9 Å². The summed E-state index contributed by atoms with van der Waals surface area (Å²) in [7, 11) is 0. The van der Waals surface area contributed by atoms with Crippen molar-refractivity contribution in [3.63, 3.8) is 0 Å². The lowest BCUT2D eigenvalue weighted by Gasteiger charge is -2.33. The van der Waals surface area contributed by atoms with E-state index in [1.165, 1.54) is 0 Å². The van der Waals surface area contributed by atoms with Gasteiger partial charge in [0.2, 0.25) is 0 Å². The molecule has 0 saturated heterocycles. The number of furan rings is 1. The fourth-order valence-electron chi connectivity index (χ4n) is 3.53. The Morgan fingerprint density at radius 2 is 2.12 bits per heavy atom. The molecule has 1 aliphatic rings. The van der Waals surface area contributed by atoms with Gasteiger partial charge < -0.3 is 18.6 Å². The fourth-order valence-corrected chi connectivity index (χ4v) is 3.53. The first-order valence-corrected chi connectivity index (χ1v) is 8.90. The number of carbonyl (C=O) groups is 1. The first-order valence-electron chi connectivity index (χ1n) is 8.90. The Balaban J connectivity index is 1.63. The van der Waals surface area contributed by atoms with Gasteiger partial charge in [0.1, 0.15) is 12.2 Å². The topological polar surface area (TPSA) is 73.4 Å². The molecule has 1 amide bonds. The molecule has 0 radical (unpaired) electrons. The maximum absolute atomic E-state index is 13.1. The normalized spacial score (nSPS) is 16.9. The van der Waals surface area contributed by atoms with Crippen molar-refractivity contribution in [3.05, 3.63) is 47.2 Å². The van der Waals surface area contributed by atoms with Gasteiger partial charge in [0.05, 0.1) is 6.04 Å². The summed E-state index contributed by atoms with van der Waals surface area (Å²) in [6.07, 6.45) is 0. The lowest BCUT2D eigenvalue weighted by molar-refractivity contribution is 0.0599. The Bertz CT molecular complexity index is 959. The number of rotatable bonds is 4. The van der Waals surface area contributed by atoms with Crippen LogP contribution >= 0.6 is 0 Å². The third kappa shape index (κ3) is 2.59. The van der Waals surface area contributed by atoms with Crippen LogP contribution in [0.3, 0.4) is 0 Å². The molecule has 3 aromatic rings. The second-order valence-electron chi connectivity index (χ2n) is 6.49. The number of para-hydroxylation sites is 1. The summed E-state index contributed by atoms with van der Waals surface area (Å²) in [5.74, 6) is 1.89. The van der Waals surface area contributed by atoms with E-state index in [9.17, 15) is 4.79 Å². The summed E-state index contributed by atoms with van der Waals surface area (Å²) in [6.45, 7) is 8.16. The van der Waals surface area contributed by atoms with Gasteiger partial charge in [-0.3, -0.25) is 4.79 Å². The van der Waals surface area contributed by atoms with Crippen molar-refractivity contribution < 1.29 is 13.9 Å². The van der Waals surface area contributed by atoms with Gasteiger partial charge in [0.25, 0.3) is 5.91 Å². The van der Waals surface area contributed by atoms with E-state index in [1.54, 1.807) is 4.90 Å². The highest BCUT2D eigenvalue weighted by molar-refractivity contribution is 5.99. The second-order valence-corrected chi connectivity index (χ2v) is 6.49. The number of benzene rings is 1. The largest absolute Gasteiger partial charge is 0.451 e.